The van der Waals surface area contributed by atoms with E-state index in [0.29, 0.717) is 17.7 Å². The summed E-state index contributed by atoms with van der Waals surface area (Å²) in [5.41, 5.74) is 1.91. The summed E-state index contributed by atoms with van der Waals surface area (Å²) in [4.78, 5) is 24.2. The van der Waals surface area contributed by atoms with Crippen molar-refractivity contribution in [1.29, 1.82) is 0 Å². The number of hydrogen-bond donors (Lipinski definition) is 1. The molecular weight excluding hydrogens is 294 g/mol. The van der Waals surface area contributed by atoms with Gasteiger partial charge in [0.1, 0.15) is 12.9 Å². The molecule has 1 aromatic carbocycles. The number of hydrogen-bond acceptors (Lipinski definition) is 5. The zero-order valence-electron chi connectivity index (χ0n) is 12.1. The summed E-state index contributed by atoms with van der Waals surface area (Å²) in [5.74, 6) is 2.79. The van der Waals surface area contributed by atoms with Crippen molar-refractivity contribution in [3.05, 3.63) is 48.5 Å². The van der Waals surface area contributed by atoms with Gasteiger partial charge < -0.3 is 9.30 Å². The van der Waals surface area contributed by atoms with Gasteiger partial charge in [-0.15, -0.1) is 6.42 Å². The number of imidazole rings is 1. The summed E-state index contributed by atoms with van der Waals surface area (Å²) >= 11 is 0. The summed E-state index contributed by atoms with van der Waals surface area (Å²) in [7, 11) is 0. The van der Waals surface area contributed by atoms with Crippen molar-refractivity contribution in [2.45, 2.75) is 13.2 Å². The Morgan fingerprint density at radius 1 is 1.26 bits per heavy atom. The molecule has 0 saturated heterocycles. The number of terminal acetylenes is 1. The molecule has 2 heterocycles. The first-order valence-electron chi connectivity index (χ1n) is 6.85. The first kappa shape index (κ1) is 14.5. The molecule has 2 aromatic heterocycles. The third-order valence-electron chi connectivity index (χ3n) is 3.10. The lowest BCUT2D eigenvalue weighted by Gasteiger charge is -2.06. The lowest BCUT2D eigenvalue weighted by Crippen LogP contribution is -2.15. The maximum absolute atomic E-state index is 11.9. The summed E-state index contributed by atoms with van der Waals surface area (Å²) in [6.45, 7) is 0.512. The Morgan fingerprint density at radius 2 is 2.09 bits per heavy atom. The molecule has 0 atom stereocenters. The van der Waals surface area contributed by atoms with Crippen molar-refractivity contribution in [3.8, 4) is 12.3 Å². The lowest BCUT2D eigenvalue weighted by atomic mass is 10.2. The largest absolute Gasteiger partial charge is 0.444 e. The topological polar surface area (TPSA) is 81.9 Å². The minimum absolute atomic E-state index is 0.173. The number of fused-ring (bicyclic) bond motifs is 1. The predicted octanol–water partition coefficient (Wildman–Crippen LogP) is 2.21. The standard InChI is InChI=1S/C16H13N5O2/c1-2-8-21-11-19-13-14(17-10-18-15(13)21)20-16(22)23-9-12-6-4-3-5-7-12/h1,3-7,10-11H,8-9H2,(H,17,18,20,22). The van der Waals surface area contributed by atoms with Gasteiger partial charge in [0.2, 0.25) is 0 Å². The summed E-state index contributed by atoms with van der Waals surface area (Å²) in [6, 6.07) is 9.40. The summed E-state index contributed by atoms with van der Waals surface area (Å²) in [5, 5.41) is 2.57. The molecular formula is C16H13N5O2. The fourth-order valence-electron chi connectivity index (χ4n) is 2.04. The van der Waals surface area contributed by atoms with E-state index in [1.807, 2.05) is 30.3 Å². The van der Waals surface area contributed by atoms with E-state index in [2.05, 4.69) is 26.2 Å². The molecule has 7 nitrogen and oxygen atoms in total. The van der Waals surface area contributed by atoms with E-state index >= 15 is 0 Å². The molecule has 0 fully saturated rings. The van der Waals surface area contributed by atoms with Crippen molar-refractivity contribution >= 4 is 23.1 Å². The highest BCUT2D eigenvalue weighted by Gasteiger charge is 2.12. The number of carbonyl (C=O) groups is 1. The van der Waals surface area contributed by atoms with Crippen LogP contribution in [-0.2, 0) is 17.9 Å². The van der Waals surface area contributed by atoms with E-state index in [-0.39, 0.29) is 12.4 Å². The van der Waals surface area contributed by atoms with E-state index in [0.717, 1.165) is 5.56 Å². The van der Waals surface area contributed by atoms with Gasteiger partial charge in [0, 0.05) is 0 Å². The highest BCUT2D eigenvalue weighted by atomic mass is 16.5. The number of nitrogens with one attached hydrogen (secondary N) is 1. The molecule has 114 valence electrons. The second-order valence-electron chi connectivity index (χ2n) is 4.66. The van der Waals surface area contributed by atoms with E-state index in [9.17, 15) is 4.79 Å². The molecule has 0 aliphatic heterocycles. The lowest BCUT2D eigenvalue weighted by molar-refractivity contribution is 0.155. The fourth-order valence-corrected chi connectivity index (χ4v) is 2.04. The quantitative estimate of drug-likeness (QED) is 0.747. The van der Waals surface area contributed by atoms with E-state index in [1.54, 1.807) is 10.9 Å². The van der Waals surface area contributed by atoms with Crippen molar-refractivity contribution in [1.82, 2.24) is 19.5 Å². The maximum atomic E-state index is 11.9. The van der Waals surface area contributed by atoms with Gasteiger partial charge in [0.05, 0.1) is 12.9 Å². The molecule has 0 spiro atoms. The van der Waals surface area contributed by atoms with Crippen LogP contribution < -0.4 is 5.32 Å². The Morgan fingerprint density at radius 3 is 2.87 bits per heavy atom. The molecule has 3 aromatic rings. The number of carbonyl (C=O) groups excluding carboxylic acids is 1. The summed E-state index contributed by atoms with van der Waals surface area (Å²) in [6.07, 6.45) is 7.57. The average Bonchev–Trinajstić information content (AvgIpc) is 2.99. The van der Waals surface area contributed by atoms with Gasteiger partial charge in [-0.2, -0.15) is 0 Å². The molecule has 23 heavy (non-hydrogen) atoms. The Labute approximate surface area is 132 Å². The summed E-state index contributed by atoms with van der Waals surface area (Å²) < 4.78 is 6.85. The Bertz CT molecular complexity index is 867. The van der Waals surface area contributed by atoms with Gasteiger partial charge in [0.25, 0.3) is 0 Å². The molecule has 0 radical (unpaired) electrons. The van der Waals surface area contributed by atoms with Gasteiger partial charge in [-0.25, -0.2) is 19.7 Å². The average molecular weight is 307 g/mol. The number of nitrogens with zero attached hydrogens (tertiary/aromatic N) is 4. The molecule has 7 heteroatoms. The normalized spacial score (nSPS) is 10.2. The Hall–Kier alpha value is -3.40. The number of benzene rings is 1. The molecule has 0 bridgehead atoms. The molecule has 1 amide bonds. The molecule has 3 rings (SSSR count). The van der Waals surface area contributed by atoms with E-state index in [1.165, 1.54) is 6.33 Å². The SMILES string of the molecule is C#CCn1cnc2c(NC(=O)OCc3ccccc3)ncnc21. The highest BCUT2D eigenvalue weighted by molar-refractivity contribution is 5.93. The highest BCUT2D eigenvalue weighted by Crippen LogP contribution is 2.17. The van der Waals surface area contributed by atoms with Crippen LogP contribution in [0, 0.1) is 12.3 Å². The van der Waals surface area contributed by atoms with Gasteiger partial charge in [-0.3, -0.25) is 5.32 Å². The van der Waals surface area contributed by atoms with Gasteiger partial charge >= 0.3 is 6.09 Å². The van der Waals surface area contributed by atoms with E-state index < -0.39 is 6.09 Å². The minimum atomic E-state index is -0.611. The van der Waals surface area contributed by atoms with Crippen molar-refractivity contribution in [3.63, 3.8) is 0 Å². The number of ether oxygens (including phenoxy) is 1. The first-order valence-corrected chi connectivity index (χ1v) is 6.85. The zero-order chi connectivity index (χ0) is 16.1. The molecule has 0 unspecified atom stereocenters. The van der Waals surface area contributed by atoms with Crippen LogP contribution in [0.3, 0.4) is 0 Å². The molecule has 0 aliphatic rings. The number of amides is 1. The van der Waals surface area contributed by atoms with Crippen molar-refractivity contribution in [2.75, 3.05) is 5.32 Å². The van der Waals surface area contributed by atoms with Gasteiger partial charge in [-0.1, -0.05) is 36.3 Å². The third-order valence-corrected chi connectivity index (χ3v) is 3.10. The van der Waals surface area contributed by atoms with Crippen molar-refractivity contribution in [2.24, 2.45) is 0 Å². The van der Waals surface area contributed by atoms with E-state index in [4.69, 9.17) is 11.2 Å². The van der Waals surface area contributed by atoms with Crippen LogP contribution in [0.5, 0.6) is 0 Å². The van der Waals surface area contributed by atoms with Gasteiger partial charge in [0.15, 0.2) is 17.0 Å². The Kier molecular flexibility index (Phi) is 4.16. The molecule has 0 saturated carbocycles. The second-order valence-corrected chi connectivity index (χ2v) is 4.66. The van der Waals surface area contributed by atoms with Gasteiger partial charge in [-0.05, 0) is 5.56 Å². The minimum Gasteiger partial charge on any atom is -0.444 e. The monoisotopic (exact) mass is 307 g/mol. The second kappa shape index (κ2) is 6.58. The van der Waals surface area contributed by atoms with Crippen molar-refractivity contribution < 1.29 is 9.53 Å². The number of anilines is 1. The smallest absolute Gasteiger partial charge is 0.413 e. The predicted molar refractivity (Wildman–Crippen MR) is 84.4 cm³/mol. The molecule has 0 aliphatic carbocycles. The third kappa shape index (κ3) is 3.27. The Balaban J connectivity index is 1.71. The van der Waals surface area contributed by atoms with Crippen LogP contribution in [-0.4, -0.2) is 25.6 Å². The fraction of sp³-hybridized carbons (Fsp3) is 0.125. The van der Waals surface area contributed by atoms with Crippen LogP contribution in [0.4, 0.5) is 10.6 Å². The number of aromatic nitrogens is 4. The van der Waals surface area contributed by atoms with Crippen LogP contribution in [0.25, 0.3) is 11.2 Å². The number of rotatable bonds is 4. The van der Waals surface area contributed by atoms with Crippen LogP contribution >= 0.6 is 0 Å². The molecule has 1 N–H and O–H groups in total. The zero-order valence-corrected chi connectivity index (χ0v) is 12.1. The maximum Gasteiger partial charge on any atom is 0.413 e. The van der Waals surface area contributed by atoms with Crippen LogP contribution in [0.2, 0.25) is 0 Å². The van der Waals surface area contributed by atoms with Crippen LogP contribution in [0.1, 0.15) is 5.56 Å². The van der Waals surface area contributed by atoms with Crippen LogP contribution in [0.15, 0.2) is 43.0 Å². The first-order chi connectivity index (χ1) is 11.3.